The van der Waals surface area contributed by atoms with Crippen LogP contribution < -0.4 is 0 Å². The summed E-state index contributed by atoms with van der Waals surface area (Å²) in [6, 6.07) is 20.9. The quantitative estimate of drug-likeness (QED) is 0.264. The number of rotatable bonds is 8. The van der Waals surface area contributed by atoms with Crippen molar-refractivity contribution in [2.45, 2.75) is 39.0 Å². The minimum Gasteiger partial charge on any atom is -0.207 e. The molecule has 0 radical (unpaired) electrons. The average molecular weight is 403 g/mol. The van der Waals surface area contributed by atoms with Gasteiger partial charge in [0.05, 0.1) is 0 Å². The van der Waals surface area contributed by atoms with Gasteiger partial charge in [-0.15, -0.1) is 0 Å². The molecule has 0 saturated carbocycles. The molecule has 1 atom stereocenters. The average Bonchev–Trinajstić information content (AvgIpc) is 2.76. The minimum absolute atomic E-state index is 0.0444. The van der Waals surface area contributed by atoms with E-state index >= 15 is 0 Å². The van der Waals surface area contributed by atoms with Crippen molar-refractivity contribution in [3.05, 3.63) is 118 Å². The summed E-state index contributed by atoms with van der Waals surface area (Å²) in [6.45, 7) is 4.01. The summed E-state index contributed by atoms with van der Waals surface area (Å²) >= 11 is 0. The molecule has 154 valence electrons. The molecule has 0 aliphatic carbocycles. The third kappa shape index (κ3) is 6.00. The lowest BCUT2D eigenvalue weighted by Gasteiger charge is -2.14. The van der Waals surface area contributed by atoms with Crippen molar-refractivity contribution < 1.29 is 8.78 Å². The maximum absolute atomic E-state index is 14.6. The second-order valence-corrected chi connectivity index (χ2v) is 7.66. The van der Waals surface area contributed by atoms with Gasteiger partial charge >= 0.3 is 0 Å². The zero-order valence-electron chi connectivity index (χ0n) is 17.6. The van der Waals surface area contributed by atoms with Crippen LogP contribution in [0.5, 0.6) is 0 Å². The highest BCUT2D eigenvalue weighted by Gasteiger charge is 2.15. The van der Waals surface area contributed by atoms with Crippen LogP contribution in [-0.4, -0.2) is 0 Å². The first-order valence-corrected chi connectivity index (χ1v) is 10.5. The van der Waals surface area contributed by atoms with Gasteiger partial charge in [0.25, 0.3) is 0 Å². The van der Waals surface area contributed by atoms with Crippen LogP contribution in [0.2, 0.25) is 0 Å². The molecule has 0 amide bonds. The number of aryl methyl sites for hydroxylation is 1. The van der Waals surface area contributed by atoms with Crippen LogP contribution >= 0.6 is 0 Å². The van der Waals surface area contributed by atoms with Gasteiger partial charge in [-0.2, -0.15) is 0 Å². The van der Waals surface area contributed by atoms with Crippen LogP contribution in [0.15, 0.2) is 78.9 Å². The highest BCUT2D eigenvalue weighted by Crippen LogP contribution is 2.25. The molecule has 0 aromatic heterocycles. The van der Waals surface area contributed by atoms with Gasteiger partial charge in [-0.05, 0) is 66.5 Å². The van der Waals surface area contributed by atoms with Crippen molar-refractivity contribution in [1.29, 1.82) is 0 Å². The Morgan fingerprint density at radius 2 is 1.47 bits per heavy atom. The van der Waals surface area contributed by atoms with E-state index in [1.807, 2.05) is 62.4 Å². The van der Waals surface area contributed by atoms with Gasteiger partial charge in [-0.3, -0.25) is 0 Å². The summed E-state index contributed by atoms with van der Waals surface area (Å²) in [4.78, 5) is 0. The van der Waals surface area contributed by atoms with Gasteiger partial charge in [-0.1, -0.05) is 85.8 Å². The molecule has 0 fully saturated rings. The van der Waals surface area contributed by atoms with Crippen LogP contribution in [0, 0.1) is 11.6 Å². The number of halogens is 2. The first-order valence-electron chi connectivity index (χ1n) is 10.5. The van der Waals surface area contributed by atoms with Crippen molar-refractivity contribution >= 4 is 12.2 Å². The van der Waals surface area contributed by atoms with Crippen LogP contribution in [-0.2, 0) is 12.8 Å². The molecule has 0 saturated heterocycles. The zero-order valence-corrected chi connectivity index (χ0v) is 17.6. The van der Waals surface area contributed by atoms with E-state index in [2.05, 4.69) is 24.3 Å². The molecular formula is C28H28F2. The molecule has 0 aliphatic rings. The Bertz CT molecular complexity index is 976. The Balaban J connectivity index is 1.69. The first-order chi connectivity index (χ1) is 14.6. The molecule has 0 bridgehead atoms. The van der Waals surface area contributed by atoms with Gasteiger partial charge in [0.15, 0.2) is 0 Å². The lowest BCUT2D eigenvalue weighted by molar-refractivity contribution is 0.543. The summed E-state index contributed by atoms with van der Waals surface area (Å²) in [5.74, 6) is -0.934. The number of hydrogen-bond acceptors (Lipinski definition) is 0. The van der Waals surface area contributed by atoms with E-state index in [4.69, 9.17) is 0 Å². The SMILES string of the molecule is C/C=C/CCc1ccc(C=Cc2cc(F)c(C[C@@H](C)c3ccccc3)c(F)c2)cc1. The molecule has 0 heterocycles. The van der Waals surface area contributed by atoms with E-state index < -0.39 is 11.6 Å². The molecule has 3 aromatic rings. The second-order valence-electron chi connectivity index (χ2n) is 7.66. The minimum atomic E-state index is -0.489. The summed E-state index contributed by atoms with van der Waals surface area (Å²) in [5, 5.41) is 0. The zero-order chi connectivity index (χ0) is 21.3. The van der Waals surface area contributed by atoms with Crippen LogP contribution in [0.1, 0.15) is 54.0 Å². The number of allylic oxidation sites excluding steroid dienone is 2. The largest absolute Gasteiger partial charge is 0.207 e. The van der Waals surface area contributed by atoms with Crippen LogP contribution in [0.4, 0.5) is 8.78 Å². The molecule has 3 aromatic carbocycles. The van der Waals surface area contributed by atoms with Crippen molar-refractivity contribution in [3.8, 4) is 0 Å². The van der Waals surface area contributed by atoms with Crippen molar-refractivity contribution in [1.82, 2.24) is 0 Å². The van der Waals surface area contributed by atoms with Crippen LogP contribution in [0.3, 0.4) is 0 Å². The topological polar surface area (TPSA) is 0 Å². The van der Waals surface area contributed by atoms with Gasteiger partial charge in [0, 0.05) is 5.56 Å². The summed E-state index contributed by atoms with van der Waals surface area (Å²) < 4.78 is 29.3. The number of benzene rings is 3. The monoisotopic (exact) mass is 402 g/mol. The predicted molar refractivity (Wildman–Crippen MR) is 123 cm³/mol. The molecular weight excluding hydrogens is 374 g/mol. The summed E-state index contributed by atoms with van der Waals surface area (Å²) in [7, 11) is 0. The smallest absolute Gasteiger partial charge is 0.129 e. The van der Waals surface area contributed by atoms with Gasteiger partial charge in [0.1, 0.15) is 11.6 Å². The Labute approximate surface area is 178 Å². The number of hydrogen-bond donors (Lipinski definition) is 0. The molecule has 30 heavy (non-hydrogen) atoms. The molecule has 0 spiro atoms. The maximum atomic E-state index is 14.6. The summed E-state index contributed by atoms with van der Waals surface area (Å²) in [6.07, 6.45) is 10.2. The third-order valence-corrected chi connectivity index (χ3v) is 5.33. The highest BCUT2D eigenvalue weighted by molar-refractivity contribution is 5.69. The summed E-state index contributed by atoms with van der Waals surface area (Å²) in [5.41, 5.74) is 4.04. The maximum Gasteiger partial charge on any atom is 0.129 e. The van der Waals surface area contributed by atoms with E-state index in [1.54, 1.807) is 6.08 Å². The Morgan fingerprint density at radius 3 is 2.10 bits per heavy atom. The standard InChI is InChI=1S/C28H28F2/c1-3-4-6-9-22-12-14-23(15-13-22)16-17-24-19-27(29)26(28(30)20-24)18-21(2)25-10-7-5-8-11-25/h3-5,7-8,10-17,19-21H,6,9,18H2,1-2H3/b4-3+,17-16?/t21-/m1/s1. The Hall–Kier alpha value is -3.00. The molecule has 0 aliphatic heterocycles. The molecule has 0 N–H and O–H groups in total. The van der Waals surface area contributed by atoms with Crippen LogP contribution in [0.25, 0.3) is 12.2 Å². The van der Waals surface area contributed by atoms with Crippen molar-refractivity contribution in [2.75, 3.05) is 0 Å². The van der Waals surface area contributed by atoms with E-state index in [1.165, 1.54) is 17.7 Å². The van der Waals surface area contributed by atoms with E-state index in [-0.39, 0.29) is 11.5 Å². The normalized spacial score (nSPS) is 12.7. The van der Waals surface area contributed by atoms with Gasteiger partial charge in [0.2, 0.25) is 0 Å². The highest BCUT2D eigenvalue weighted by atomic mass is 19.1. The second kappa shape index (κ2) is 10.7. The fourth-order valence-electron chi connectivity index (χ4n) is 3.52. The Morgan fingerprint density at radius 1 is 0.833 bits per heavy atom. The fraction of sp³-hybridized carbons (Fsp3) is 0.214. The lowest BCUT2D eigenvalue weighted by Crippen LogP contribution is -2.04. The van der Waals surface area contributed by atoms with Gasteiger partial charge in [-0.25, -0.2) is 8.78 Å². The van der Waals surface area contributed by atoms with E-state index in [0.717, 1.165) is 24.0 Å². The van der Waals surface area contributed by atoms with E-state index in [9.17, 15) is 8.78 Å². The third-order valence-electron chi connectivity index (χ3n) is 5.33. The Kier molecular flexibility index (Phi) is 7.73. The predicted octanol–water partition coefficient (Wildman–Crippen LogP) is 7.99. The molecule has 3 rings (SSSR count). The molecule has 0 unspecified atom stereocenters. The van der Waals surface area contributed by atoms with Crippen molar-refractivity contribution in [2.24, 2.45) is 0 Å². The molecule has 0 nitrogen and oxygen atoms in total. The lowest BCUT2D eigenvalue weighted by atomic mass is 9.92. The first kappa shape index (κ1) is 21.7. The van der Waals surface area contributed by atoms with E-state index in [0.29, 0.717) is 12.0 Å². The van der Waals surface area contributed by atoms with Crippen molar-refractivity contribution in [3.63, 3.8) is 0 Å². The fourth-order valence-corrected chi connectivity index (χ4v) is 3.52. The van der Waals surface area contributed by atoms with Gasteiger partial charge < -0.3 is 0 Å². The molecule has 2 heteroatoms.